The zero-order valence-electron chi connectivity index (χ0n) is 10.7. The second-order valence-corrected chi connectivity index (χ2v) is 6.02. The Hall–Kier alpha value is -1.72. The third-order valence-corrected chi connectivity index (χ3v) is 4.76. The molecule has 0 spiro atoms. The van der Waals surface area contributed by atoms with Crippen LogP contribution in [0.4, 0.5) is 5.13 Å². The van der Waals surface area contributed by atoms with E-state index in [-0.39, 0.29) is 0 Å². The predicted octanol–water partition coefficient (Wildman–Crippen LogP) is 4.28. The molecule has 0 unspecified atom stereocenters. The zero-order chi connectivity index (χ0) is 13.2. The summed E-state index contributed by atoms with van der Waals surface area (Å²) < 4.78 is 0. The van der Waals surface area contributed by atoms with E-state index in [1.54, 1.807) is 22.7 Å². The number of aromatic nitrogens is 2. The van der Waals surface area contributed by atoms with Crippen LogP contribution in [0, 0.1) is 6.92 Å². The molecule has 5 heteroatoms. The third kappa shape index (κ3) is 2.39. The van der Waals surface area contributed by atoms with Crippen molar-refractivity contribution in [3.63, 3.8) is 0 Å². The monoisotopic (exact) mass is 287 g/mol. The van der Waals surface area contributed by atoms with E-state index in [2.05, 4.69) is 39.7 Å². The Morgan fingerprint density at radius 3 is 2.79 bits per heavy atom. The lowest BCUT2D eigenvalue weighted by Gasteiger charge is -1.99. The van der Waals surface area contributed by atoms with Crippen LogP contribution < -0.4 is 5.32 Å². The van der Waals surface area contributed by atoms with Gasteiger partial charge in [-0.25, -0.2) is 9.97 Å². The van der Waals surface area contributed by atoms with Crippen molar-refractivity contribution in [1.82, 2.24) is 9.97 Å². The minimum absolute atomic E-state index is 0.931. The van der Waals surface area contributed by atoms with Crippen LogP contribution in [0.5, 0.6) is 0 Å². The number of nitrogens with one attached hydrogen (secondary N) is 1. The van der Waals surface area contributed by atoms with Crippen LogP contribution in [-0.2, 0) is 0 Å². The van der Waals surface area contributed by atoms with E-state index in [1.807, 2.05) is 25.4 Å². The van der Waals surface area contributed by atoms with Crippen molar-refractivity contribution in [3.8, 4) is 21.1 Å². The number of hydrogen-bond donors (Lipinski definition) is 1. The maximum absolute atomic E-state index is 4.52. The van der Waals surface area contributed by atoms with E-state index < -0.39 is 0 Å². The van der Waals surface area contributed by atoms with Gasteiger partial charge in [0.2, 0.25) is 0 Å². The van der Waals surface area contributed by atoms with Gasteiger partial charge in [0.15, 0.2) is 5.13 Å². The summed E-state index contributed by atoms with van der Waals surface area (Å²) in [6, 6.07) is 8.31. The average molecular weight is 287 g/mol. The summed E-state index contributed by atoms with van der Waals surface area (Å²) >= 11 is 3.29. The minimum atomic E-state index is 0.931. The molecule has 0 radical (unpaired) electrons. The molecule has 3 aromatic rings. The van der Waals surface area contributed by atoms with E-state index in [9.17, 15) is 0 Å². The fourth-order valence-electron chi connectivity index (χ4n) is 1.83. The fraction of sp³-hybridized carbons (Fsp3) is 0.143. The van der Waals surface area contributed by atoms with E-state index in [0.717, 1.165) is 20.7 Å². The molecule has 1 N–H and O–H groups in total. The van der Waals surface area contributed by atoms with Crippen LogP contribution in [0.3, 0.4) is 0 Å². The Morgan fingerprint density at radius 1 is 1.21 bits per heavy atom. The third-order valence-electron chi connectivity index (χ3n) is 2.85. The molecule has 0 aliphatic rings. The van der Waals surface area contributed by atoms with Gasteiger partial charge in [-0.1, -0.05) is 24.3 Å². The van der Waals surface area contributed by atoms with Crippen LogP contribution in [0.15, 0.2) is 35.8 Å². The Balaban J connectivity index is 1.97. The molecule has 3 rings (SSSR count). The zero-order valence-corrected chi connectivity index (χ0v) is 12.3. The van der Waals surface area contributed by atoms with Crippen molar-refractivity contribution in [2.24, 2.45) is 0 Å². The molecule has 0 fully saturated rings. The quantitative estimate of drug-likeness (QED) is 0.781. The van der Waals surface area contributed by atoms with Gasteiger partial charge in [0.1, 0.15) is 5.01 Å². The van der Waals surface area contributed by atoms with Crippen molar-refractivity contribution < 1.29 is 0 Å². The number of hydrogen-bond acceptors (Lipinski definition) is 5. The van der Waals surface area contributed by atoms with Gasteiger partial charge in [-0.15, -0.1) is 22.7 Å². The summed E-state index contributed by atoms with van der Waals surface area (Å²) in [6.07, 6.45) is 1.90. The Morgan fingerprint density at radius 2 is 2.05 bits per heavy atom. The average Bonchev–Trinajstić information content (AvgIpc) is 3.08. The molecule has 0 atom stereocenters. The van der Waals surface area contributed by atoms with Crippen LogP contribution in [0.25, 0.3) is 21.1 Å². The van der Waals surface area contributed by atoms with Gasteiger partial charge in [0, 0.05) is 24.2 Å². The Kier molecular flexibility index (Phi) is 3.31. The van der Waals surface area contributed by atoms with Crippen LogP contribution in [-0.4, -0.2) is 17.0 Å². The van der Waals surface area contributed by atoms with Crippen LogP contribution >= 0.6 is 22.7 Å². The second kappa shape index (κ2) is 5.11. The molecule has 0 aliphatic heterocycles. The first-order valence-corrected chi connectivity index (χ1v) is 7.63. The van der Waals surface area contributed by atoms with Gasteiger partial charge in [0.05, 0.1) is 10.6 Å². The molecule has 96 valence electrons. The molecule has 3 nitrogen and oxygen atoms in total. The van der Waals surface area contributed by atoms with Crippen molar-refractivity contribution in [2.75, 3.05) is 12.4 Å². The largest absolute Gasteiger partial charge is 0.365 e. The smallest absolute Gasteiger partial charge is 0.182 e. The molecule has 19 heavy (non-hydrogen) atoms. The van der Waals surface area contributed by atoms with Crippen molar-refractivity contribution in [3.05, 3.63) is 41.4 Å². The number of thiazole rings is 2. The maximum atomic E-state index is 4.52. The van der Waals surface area contributed by atoms with Gasteiger partial charge in [-0.3, -0.25) is 0 Å². The lowest BCUT2D eigenvalue weighted by Crippen LogP contribution is -1.84. The second-order valence-electron chi connectivity index (χ2n) is 4.13. The van der Waals surface area contributed by atoms with Gasteiger partial charge in [0.25, 0.3) is 0 Å². The van der Waals surface area contributed by atoms with Gasteiger partial charge in [-0.2, -0.15) is 0 Å². The molecule has 0 aliphatic carbocycles. The standard InChI is InChI=1S/C14H13N3S2/c1-9-5-3-4-6-10(9)13-16-7-12(19-13)11-8-18-14(15-2)17-11/h3-8H,1-2H3,(H,15,17). The van der Waals surface area contributed by atoms with E-state index in [4.69, 9.17) is 0 Å². The molecule has 2 aromatic heterocycles. The normalized spacial score (nSPS) is 10.6. The first-order valence-electron chi connectivity index (χ1n) is 5.93. The molecule has 0 saturated heterocycles. The summed E-state index contributed by atoms with van der Waals surface area (Å²) in [5.41, 5.74) is 3.44. The fourth-order valence-corrected chi connectivity index (χ4v) is 3.55. The van der Waals surface area contributed by atoms with Crippen molar-refractivity contribution in [2.45, 2.75) is 6.92 Å². The number of aryl methyl sites for hydroxylation is 1. The highest BCUT2D eigenvalue weighted by atomic mass is 32.1. The summed E-state index contributed by atoms with van der Waals surface area (Å²) in [6.45, 7) is 2.11. The lowest BCUT2D eigenvalue weighted by atomic mass is 10.1. The van der Waals surface area contributed by atoms with Crippen LogP contribution in [0.2, 0.25) is 0 Å². The molecule has 1 aromatic carbocycles. The van der Waals surface area contributed by atoms with Gasteiger partial charge < -0.3 is 5.32 Å². The topological polar surface area (TPSA) is 37.8 Å². The highest BCUT2D eigenvalue weighted by Gasteiger charge is 2.10. The summed E-state index contributed by atoms with van der Waals surface area (Å²) in [5, 5.41) is 7.09. The predicted molar refractivity (Wildman–Crippen MR) is 82.9 cm³/mol. The van der Waals surface area contributed by atoms with E-state index in [0.29, 0.717) is 0 Å². The SMILES string of the molecule is CNc1nc(-c2cnc(-c3ccccc3C)s2)cs1. The number of anilines is 1. The summed E-state index contributed by atoms with van der Waals surface area (Å²) in [7, 11) is 1.88. The molecule has 2 heterocycles. The van der Waals surface area contributed by atoms with Gasteiger partial charge in [-0.05, 0) is 12.5 Å². The van der Waals surface area contributed by atoms with Gasteiger partial charge >= 0.3 is 0 Å². The van der Waals surface area contributed by atoms with E-state index in [1.165, 1.54) is 11.1 Å². The Bertz CT molecular complexity index is 700. The molecular formula is C14H13N3S2. The molecule has 0 bridgehead atoms. The summed E-state index contributed by atoms with van der Waals surface area (Å²) in [5.74, 6) is 0. The highest BCUT2D eigenvalue weighted by Crippen LogP contribution is 2.34. The Labute approximate surface area is 120 Å². The number of nitrogens with zero attached hydrogens (tertiary/aromatic N) is 2. The first kappa shape index (κ1) is 12.3. The van der Waals surface area contributed by atoms with Crippen molar-refractivity contribution >= 4 is 27.8 Å². The summed E-state index contributed by atoms with van der Waals surface area (Å²) in [4.78, 5) is 10.1. The number of rotatable bonds is 3. The number of benzene rings is 1. The molecule has 0 amide bonds. The minimum Gasteiger partial charge on any atom is -0.365 e. The molecule has 0 saturated carbocycles. The maximum Gasteiger partial charge on any atom is 0.182 e. The highest BCUT2D eigenvalue weighted by molar-refractivity contribution is 7.19. The van der Waals surface area contributed by atoms with Crippen LogP contribution in [0.1, 0.15) is 5.56 Å². The van der Waals surface area contributed by atoms with Crippen molar-refractivity contribution in [1.29, 1.82) is 0 Å². The lowest BCUT2D eigenvalue weighted by molar-refractivity contribution is 1.35. The van der Waals surface area contributed by atoms with E-state index >= 15 is 0 Å². The molecular weight excluding hydrogens is 274 g/mol. The first-order chi connectivity index (χ1) is 9.28.